The van der Waals surface area contributed by atoms with Crippen LogP contribution in [-0.4, -0.2) is 5.78 Å². The quantitative estimate of drug-likeness (QED) is 0.534. The number of fused-ring (bicyclic) bond motifs is 1. The Morgan fingerprint density at radius 3 is 2.64 bits per heavy atom. The van der Waals surface area contributed by atoms with Crippen LogP contribution in [0.15, 0.2) is 24.3 Å². The van der Waals surface area contributed by atoms with Crippen molar-refractivity contribution < 1.29 is 4.79 Å². The molecular formula is C13H16O. The molecule has 0 spiro atoms. The fourth-order valence-electron chi connectivity index (χ4n) is 3.52. The van der Waals surface area contributed by atoms with Gasteiger partial charge in [0.25, 0.3) is 0 Å². The Morgan fingerprint density at radius 1 is 1.07 bits per heavy atom. The first-order chi connectivity index (χ1) is 6.86. The molecule has 0 aliphatic heterocycles. The molecular weight excluding hydrogens is 172 g/mol. The van der Waals surface area contributed by atoms with E-state index in [1.54, 1.807) is 0 Å². The van der Waals surface area contributed by atoms with Crippen molar-refractivity contribution in [3.63, 3.8) is 0 Å². The summed E-state index contributed by atoms with van der Waals surface area (Å²) < 4.78 is 0. The van der Waals surface area contributed by atoms with E-state index in [0.29, 0.717) is 29.5 Å². The normalized spacial score (nSPS) is 45.0. The summed E-state index contributed by atoms with van der Waals surface area (Å²) in [4.78, 5) is 11.9. The number of ketones is 1. The van der Waals surface area contributed by atoms with Crippen LogP contribution in [0.4, 0.5) is 0 Å². The Bertz CT molecular complexity index is 313. The monoisotopic (exact) mass is 188 g/mol. The van der Waals surface area contributed by atoms with Crippen molar-refractivity contribution in [2.45, 2.75) is 25.7 Å². The standard InChI is InChI=1S/C13H16O/c14-12-4-2-1-3-11-9-5-7-10(8-6-9)13(11)12/h2,4-5,7,9-11,13H,1,3,6,8H2/t9-,10+,11-,13+/m0/s1. The molecule has 4 atom stereocenters. The Hall–Kier alpha value is -0.850. The zero-order valence-corrected chi connectivity index (χ0v) is 8.36. The predicted octanol–water partition coefficient (Wildman–Crippen LogP) is 2.73. The van der Waals surface area contributed by atoms with Gasteiger partial charge in [0.2, 0.25) is 0 Å². The van der Waals surface area contributed by atoms with Gasteiger partial charge >= 0.3 is 0 Å². The van der Waals surface area contributed by atoms with Crippen LogP contribution in [0.2, 0.25) is 0 Å². The number of rotatable bonds is 0. The second-order valence-electron chi connectivity index (χ2n) is 4.86. The van der Waals surface area contributed by atoms with E-state index < -0.39 is 0 Å². The van der Waals surface area contributed by atoms with E-state index in [-0.39, 0.29) is 0 Å². The van der Waals surface area contributed by atoms with Crippen LogP contribution in [0.25, 0.3) is 0 Å². The van der Waals surface area contributed by atoms with Crippen LogP contribution in [-0.2, 0) is 4.79 Å². The molecule has 4 aliphatic carbocycles. The van der Waals surface area contributed by atoms with Crippen LogP contribution in [0.3, 0.4) is 0 Å². The van der Waals surface area contributed by atoms with Crippen LogP contribution in [0.1, 0.15) is 25.7 Å². The molecule has 4 rings (SSSR count). The molecule has 0 saturated heterocycles. The molecule has 14 heavy (non-hydrogen) atoms. The smallest absolute Gasteiger partial charge is 0.159 e. The van der Waals surface area contributed by atoms with Gasteiger partial charge in [0.1, 0.15) is 0 Å². The Kier molecular flexibility index (Phi) is 1.86. The summed E-state index contributed by atoms with van der Waals surface area (Å²) in [6, 6.07) is 0. The van der Waals surface area contributed by atoms with E-state index in [9.17, 15) is 4.79 Å². The van der Waals surface area contributed by atoms with E-state index in [2.05, 4.69) is 18.2 Å². The SMILES string of the molecule is O=C1C=CCC[C@@H]2[C@H]1[C@@H]1C=C[C@H]2CC1. The third-order valence-electron chi connectivity index (χ3n) is 4.19. The summed E-state index contributed by atoms with van der Waals surface area (Å²) in [6.45, 7) is 0. The van der Waals surface area contributed by atoms with Gasteiger partial charge in [0.15, 0.2) is 5.78 Å². The molecule has 0 radical (unpaired) electrons. The zero-order chi connectivity index (χ0) is 9.54. The molecule has 1 heteroatoms. The summed E-state index contributed by atoms with van der Waals surface area (Å²) in [6.07, 6.45) is 13.4. The van der Waals surface area contributed by atoms with E-state index >= 15 is 0 Å². The van der Waals surface area contributed by atoms with Crippen molar-refractivity contribution in [3.8, 4) is 0 Å². The summed E-state index contributed by atoms with van der Waals surface area (Å²) in [5.41, 5.74) is 0. The van der Waals surface area contributed by atoms with Gasteiger partial charge in [0, 0.05) is 5.92 Å². The van der Waals surface area contributed by atoms with Crippen molar-refractivity contribution in [2.75, 3.05) is 0 Å². The zero-order valence-electron chi connectivity index (χ0n) is 8.36. The topological polar surface area (TPSA) is 17.1 Å². The van der Waals surface area contributed by atoms with Gasteiger partial charge < -0.3 is 0 Å². The van der Waals surface area contributed by atoms with E-state index in [1.807, 2.05) is 6.08 Å². The Labute approximate surface area is 84.9 Å². The predicted molar refractivity (Wildman–Crippen MR) is 55.7 cm³/mol. The van der Waals surface area contributed by atoms with Crippen molar-refractivity contribution in [2.24, 2.45) is 23.7 Å². The van der Waals surface area contributed by atoms with Gasteiger partial charge in [0.05, 0.1) is 0 Å². The minimum atomic E-state index is 0.331. The first-order valence-electron chi connectivity index (χ1n) is 5.75. The molecule has 4 aliphatic rings. The molecule has 1 saturated carbocycles. The van der Waals surface area contributed by atoms with Gasteiger partial charge in [-0.3, -0.25) is 4.79 Å². The van der Waals surface area contributed by atoms with Gasteiger partial charge in [-0.15, -0.1) is 0 Å². The molecule has 0 amide bonds. The average molecular weight is 188 g/mol. The van der Waals surface area contributed by atoms with E-state index in [4.69, 9.17) is 0 Å². The number of carbonyl (C=O) groups is 1. The molecule has 0 aromatic carbocycles. The van der Waals surface area contributed by atoms with Crippen LogP contribution >= 0.6 is 0 Å². The van der Waals surface area contributed by atoms with Gasteiger partial charge in [-0.05, 0) is 49.5 Å². The van der Waals surface area contributed by atoms with Crippen molar-refractivity contribution in [3.05, 3.63) is 24.3 Å². The minimum absolute atomic E-state index is 0.331. The maximum absolute atomic E-state index is 11.9. The van der Waals surface area contributed by atoms with E-state index in [0.717, 1.165) is 6.42 Å². The van der Waals surface area contributed by atoms with Crippen LogP contribution in [0, 0.1) is 23.7 Å². The van der Waals surface area contributed by atoms with Crippen LogP contribution in [0.5, 0.6) is 0 Å². The number of carbonyl (C=O) groups excluding carboxylic acids is 1. The molecule has 0 unspecified atom stereocenters. The van der Waals surface area contributed by atoms with E-state index in [1.165, 1.54) is 19.3 Å². The van der Waals surface area contributed by atoms with Crippen molar-refractivity contribution >= 4 is 5.78 Å². The lowest BCUT2D eigenvalue weighted by atomic mass is 9.60. The Morgan fingerprint density at radius 2 is 1.86 bits per heavy atom. The first-order valence-corrected chi connectivity index (χ1v) is 5.75. The highest BCUT2D eigenvalue weighted by atomic mass is 16.1. The van der Waals surface area contributed by atoms with Gasteiger partial charge in [-0.1, -0.05) is 18.2 Å². The highest BCUT2D eigenvalue weighted by Gasteiger charge is 2.43. The summed E-state index contributed by atoms with van der Waals surface area (Å²) >= 11 is 0. The fourth-order valence-corrected chi connectivity index (χ4v) is 3.52. The number of hydrogen-bond acceptors (Lipinski definition) is 1. The highest BCUT2D eigenvalue weighted by Crippen LogP contribution is 2.47. The lowest BCUT2D eigenvalue weighted by Crippen LogP contribution is -2.40. The summed E-state index contributed by atoms with van der Waals surface area (Å²) in [5.74, 6) is 2.64. The van der Waals surface area contributed by atoms with Gasteiger partial charge in [-0.2, -0.15) is 0 Å². The van der Waals surface area contributed by atoms with Crippen molar-refractivity contribution in [1.29, 1.82) is 0 Å². The Balaban J connectivity index is 1.98. The molecule has 0 N–H and O–H groups in total. The largest absolute Gasteiger partial charge is 0.295 e. The third-order valence-corrected chi connectivity index (χ3v) is 4.19. The molecule has 0 aromatic heterocycles. The maximum atomic E-state index is 11.9. The summed E-state index contributed by atoms with van der Waals surface area (Å²) in [7, 11) is 0. The first kappa shape index (κ1) is 8.46. The second kappa shape index (κ2) is 3.08. The third kappa shape index (κ3) is 1.11. The minimum Gasteiger partial charge on any atom is -0.295 e. The molecule has 1 nitrogen and oxygen atoms in total. The lowest BCUT2D eigenvalue weighted by Gasteiger charge is -2.43. The fraction of sp³-hybridized carbons (Fsp3) is 0.615. The second-order valence-corrected chi connectivity index (χ2v) is 4.86. The number of allylic oxidation sites excluding steroid dienone is 4. The average Bonchev–Trinajstić information content (AvgIpc) is 2.44. The highest BCUT2D eigenvalue weighted by molar-refractivity contribution is 5.92. The molecule has 2 bridgehead atoms. The number of hydrogen-bond donors (Lipinski definition) is 0. The summed E-state index contributed by atoms with van der Waals surface area (Å²) in [5, 5.41) is 0. The molecule has 0 heterocycles. The van der Waals surface area contributed by atoms with Gasteiger partial charge in [-0.25, -0.2) is 0 Å². The molecule has 0 aromatic rings. The maximum Gasteiger partial charge on any atom is 0.159 e. The van der Waals surface area contributed by atoms with Crippen molar-refractivity contribution in [1.82, 2.24) is 0 Å². The van der Waals surface area contributed by atoms with Crippen LogP contribution < -0.4 is 0 Å². The molecule has 74 valence electrons. The molecule has 1 fully saturated rings. The lowest BCUT2D eigenvalue weighted by molar-refractivity contribution is -0.123.